The quantitative estimate of drug-likeness (QED) is 0.411. The van der Waals surface area contributed by atoms with Crippen LogP contribution in [0.2, 0.25) is 0 Å². The van der Waals surface area contributed by atoms with Crippen LogP contribution in [0.25, 0.3) is 0 Å². The van der Waals surface area contributed by atoms with E-state index in [2.05, 4.69) is 11.9 Å². The number of unbranched alkanes of at least 4 members (excludes halogenated alkanes) is 2. The molecule has 0 fully saturated rings. The van der Waals surface area contributed by atoms with Crippen LogP contribution in [0.4, 0.5) is 5.13 Å². The molecule has 0 spiro atoms. The third kappa shape index (κ3) is 6.42. The van der Waals surface area contributed by atoms with Crippen molar-refractivity contribution in [1.82, 2.24) is 4.98 Å². The Bertz CT molecular complexity index is 761. The Morgan fingerprint density at radius 1 is 1.14 bits per heavy atom. The van der Waals surface area contributed by atoms with Crippen LogP contribution in [0, 0.1) is 6.92 Å². The molecule has 0 aliphatic rings. The van der Waals surface area contributed by atoms with Crippen LogP contribution >= 0.6 is 11.3 Å². The number of nitrogens with zero attached hydrogens (tertiary/aromatic N) is 2. The van der Waals surface area contributed by atoms with Crippen LogP contribution in [0.3, 0.4) is 0 Å². The Hall–Kier alpha value is -2.25. The third-order valence-corrected chi connectivity index (χ3v) is 5.26. The fourth-order valence-electron chi connectivity index (χ4n) is 2.64. The molecule has 1 aromatic heterocycles. The molecule has 0 bridgehead atoms. The first-order valence-electron chi connectivity index (χ1n) is 9.63. The molecular formula is C21H28N2O4S. The maximum absolute atomic E-state index is 12.8. The minimum Gasteiger partial charge on any atom is -0.462 e. The lowest BCUT2D eigenvalue weighted by atomic mass is 10.2. The Morgan fingerprint density at radius 3 is 2.57 bits per heavy atom. The van der Waals surface area contributed by atoms with Crippen LogP contribution in [0.1, 0.15) is 54.0 Å². The number of ether oxygens (including phenoxy) is 2. The van der Waals surface area contributed by atoms with E-state index >= 15 is 0 Å². The fraction of sp³-hybridized carbons (Fsp3) is 0.476. The molecule has 2 rings (SSSR count). The predicted molar refractivity (Wildman–Crippen MR) is 111 cm³/mol. The van der Waals surface area contributed by atoms with Gasteiger partial charge >= 0.3 is 5.97 Å². The fourth-order valence-corrected chi connectivity index (χ4v) is 3.64. The first-order valence-corrected chi connectivity index (χ1v) is 10.4. The highest BCUT2D eigenvalue weighted by molar-refractivity contribution is 7.17. The number of hydrogen-bond donors (Lipinski definition) is 0. The van der Waals surface area contributed by atoms with E-state index in [1.807, 2.05) is 30.3 Å². The molecule has 0 atom stereocenters. The van der Waals surface area contributed by atoms with E-state index in [9.17, 15) is 9.59 Å². The van der Waals surface area contributed by atoms with Crippen LogP contribution in [-0.4, -0.2) is 36.6 Å². The zero-order valence-corrected chi connectivity index (χ0v) is 17.6. The summed E-state index contributed by atoms with van der Waals surface area (Å²) >= 11 is 1.20. The van der Waals surface area contributed by atoms with Crippen LogP contribution in [0.15, 0.2) is 30.3 Å². The maximum Gasteiger partial charge on any atom is 0.350 e. The van der Waals surface area contributed by atoms with Gasteiger partial charge in [0.25, 0.3) is 5.91 Å². The Morgan fingerprint density at radius 2 is 1.89 bits per heavy atom. The molecule has 7 heteroatoms. The van der Waals surface area contributed by atoms with Gasteiger partial charge in [-0.15, -0.1) is 0 Å². The highest BCUT2D eigenvalue weighted by Crippen LogP contribution is 2.27. The third-order valence-electron chi connectivity index (χ3n) is 4.10. The lowest BCUT2D eigenvalue weighted by molar-refractivity contribution is -0.123. The summed E-state index contributed by atoms with van der Waals surface area (Å²) in [6.07, 6.45) is 2.94. The van der Waals surface area contributed by atoms with Crippen molar-refractivity contribution in [2.24, 2.45) is 0 Å². The molecule has 1 amide bonds. The lowest BCUT2D eigenvalue weighted by Crippen LogP contribution is -2.35. The highest BCUT2D eigenvalue weighted by atomic mass is 32.1. The molecule has 28 heavy (non-hydrogen) atoms. The van der Waals surface area contributed by atoms with Gasteiger partial charge in [0.15, 0.2) is 5.13 Å². The van der Waals surface area contributed by atoms with Crippen molar-refractivity contribution < 1.29 is 19.1 Å². The summed E-state index contributed by atoms with van der Waals surface area (Å²) < 4.78 is 10.7. The standard InChI is InChI=1S/C21H28N2O4S/c1-4-6-10-13-23(18(24)15-26-14-17-11-8-7-9-12-17)21-22-16(3)19(28-21)20(25)27-5-2/h7-9,11-12H,4-6,10,13-15H2,1-3H3. The summed E-state index contributed by atoms with van der Waals surface area (Å²) in [5.74, 6) is -0.554. The van der Waals surface area contributed by atoms with Gasteiger partial charge in [-0.25, -0.2) is 9.78 Å². The van der Waals surface area contributed by atoms with Crippen LogP contribution in [0.5, 0.6) is 0 Å². The number of rotatable bonds is 11. The van der Waals surface area contributed by atoms with Crippen LogP contribution in [-0.2, 0) is 20.9 Å². The molecule has 0 saturated heterocycles. The van der Waals surface area contributed by atoms with Gasteiger partial charge in [-0.1, -0.05) is 61.4 Å². The second kappa shape index (κ2) is 11.6. The first kappa shape index (κ1) is 22.0. The summed E-state index contributed by atoms with van der Waals surface area (Å²) in [5.41, 5.74) is 1.60. The van der Waals surface area contributed by atoms with E-state index in [-0.39, 0.29) is 12.5 Å². The molecule has 0 aliphatic carbocycles. The smallest absolute Gasteiger partial charge is 0.350 e. The number of benzene rings is 1. The second-order valence-electron chi connectivity index (χ2n) is 6.36. The normalized spacial score (nSPS) is 10.7. The molecule has 2 aromatic rings. The summed E-state index contributed by atoms with van der Waals surface area (Å²) in [6, 6.07) is 9.73. The first-order chi connectivity index (χ1) is 13.6. The Balaban J connectivity index is 2.06. The topological polar surface area (TPSA) is 68.7 Å². The number of esters is 1. The molecule has 1 aromatic carbocycles. The zero-order chi connectivity index (χ0) is 20.4. The molecule has 0 radical (unpaired) electrons. The summed E-state index contributed by atoms with van der Waals surface area (Å²) in [7, 11) is 0. The van der Waals surface area contributed by atoms with Crippen molar-refractivity contribution in [2.75, 3.05) is 24.7 Å². The van der Waals surface area contributed by atoms with Gasteiger partial charge in [0, 0.05) is 6.54 Å². The van der Waals surface area contributed by atoms with Crippen molar-refractivity contribution in [3.8, 4) is 0 Å². The minimum absolute atomic E-state index is 0.0333. The molecule has 152 valence electrons. The average molecular weight is 405 g/mol. The van der Waals surface area contributed by atoms with E-state index < -0.39 is 5.97 Å². The van der Waals surface area contributed by atoms with Gasteiger partial charge in [-0.2, -0.15) is 0 Å². The SMILES string of the molecule is CCCCCN(C(=O)COCc1ccccc1)c1nc(C)c(C(=O)OCC)s1. The number of hydrogen-bond acceptors (Lipinski definition) is 6. The number of anilines is 1. The molecular weight excluding hydrogens is 376 g/mol. The monoisotopic (exact) mass is 404 g/mol. The molecule has 0 N–H and O–H groups in total. The van der Waals surface area contributed by atoms with Gasteiger partial charge in [0.2, 0.25) is 0 Å². The van der Waals surface area contributed by atoms with E-state index in [0.29, 0.717) is 35.5 Å². The number of carbonyl (C=O) groups excluding carboxylic acids is 2. The zero-order valence-electron chi connectivity index (χ0n) is 16.8. The van der Waals surface area contributed by atoms with Gasteiger partial charge < -0.3 is 9.47 Å². The lowest BCUT2D eigenvalue weighted by Gasteiger charge is -2.20. The van der Waals surface area contributed by atoms with Crippen LogP contribution < -0.4 is 4.90 Å². The molecule has 0 saturated carbocycles. The maximum atomic E-state index is 12.8. The minimum atomic E-state index is -0.398. The molecule has 1 heterocycles. The van der Waals surface area contributed by atoms with Gasteiger partial charge in [-0.3, -0.25) is 9.69 Å². The number of aromatic nitrogens is 1. The van der Waals surface area contributed by atoms with E-state index in [0.717, 1.165) is 24.8 Å². The number of carbonyl (C=O) groups is 2. The van der Waals surface area contributed by atoms with Crippen molar-refractivity contribution >= 4 is 28.3 Å². The van der Waals surface area contributed by atoms with E-state index in [1.54, 1.807) is 18.7 Å². The highest BCUT2D eigenvalue weighted by Gasteiger charge is 2.23. The van der Waals surface area contributed by atoms with Gasteiger partial charge in [-0.05, 0) is 25.8 Å². The Kier molecular flexibility index (Phi) is 9.10. The van der Waals surface area contributed by atoms with Gasteiger partial charge in [0.05, 0.1) is 18.9 Å². The van der Waals surface area contributed by atoms with Crippen molar-refractivity contribution in [3.05, 3.63) is 46.5 Å². The number of aryl methyl sites for hydroxylation is 1. The number of amides is 1. The predicted octanol–water partition coefficient (Wildman–Crippen LogP) is 4.37. The second-order valence-corrected chi connectivity index (χ2v) is 7.34. The summed E-state index contributed by atoms with van der Waals surface area (Å²) in [5, 5.41) is 0.518. The molecule has 6 nitrogen and oxygen atoms in total. The number of thiazole rings is 1. The van der Waals surface area contributed by atoms with E-state index in [4.69, 9.17) is 9.47 Å². The summed E-state index contributed by atoms with van der Waals surface area (Å²) in [4.78, 5) is 31.4. The van der Waals surface area contributed by atoms with E-state index in [1.165, 1.54) is 11.3 Å². The molecule has 0 aliphatic heterocycles. The van der Waals surface area contributed by atoms with Crippen molar-refractivity contribution in [2.45, 2.75) is 46.6 Å². The largest absolute Gasteiger partial charge is 0.462 e. The molecule has 0 unspecified atom stereocenters. The van der Waals surface area contributed by atoms with Gasteiger partial charge in [0.1, 0.15) is 11.5 Å². The van der Waals surface area contributed by atoms with Crippen molar-refractivity contribution in [1.29, 1.82) is 0 Å². The average Bonchev–Trinajstić information content (AvgIpc) is 3.07. The van der Waals surface area contributed by atoms with Crippen molar-refractivity contribution in [3.63, 3.8) is 0 Å². The summed E-state index contributed by atoms with van der Waals surface area (Å²) in [6.45, 7) is 6.83. The Labute approximate surface area is 170 Å².